The maximum atomic E-state index is 3.55. The van der Waals surface area contributed by atoms with Gasteiger partial charge in [-0.1, -0.05) is 25.1 Å². The maximum absolute atomic E-state index is 3.55. The van der Waals surface area contributed by atoms with Gasteiger partial charge in [-0.2, -0.15) is 0 Å². The van der Waals surface area contributed by atoms with Gasteiger partial charge in [-0.05, 0) is 49.9 Å². The summed E-state index contributed by atoms with van der Waals surface area (Å²) in [6, 6.07) is 6.92. The number of hydrogen-bond acceptors (Lipinski definition) is 1. The molecule has 0 saturated heterocycles. The molecule has 1 heteroatoms. The van der Waals surface area contributed by atoms with Crippen LogP contribution < -0.4 is 5.32 Å². The van der Waals surface area contributed by atoms with Crippen molar-refractivity contribution in [1.82, 2.24) is 5.32 Å². The number of fused-ring (bicyclic) bond motifs is 1. The van der Waals surface area contributed by atoms with Crippen LogP contribution in [0.1, 0.15) is 37.5 Å². The molecule has 0 fully saturated rings. The van der Waals surface area contributed by atoms with Gasteiger partial charge in [0.25, 0.3) is 0 Å². The van der Waals surface area contributed by atoms with E-state index in [4.69, 9.17) is 0 Å². The van der Waals surface area contributed by atoms with Gasteiger partial charge in [-0.25, -0.2) is 0 Å². The molecule has 0 saturated carbocycles. The van der Waals surface area contributed by atoms with Gasteiger partial charge in [0.05, 0.1) is 0 Å². The van der Waals surface area contributed by atoms with Crippen LogP contribution >= 0.6 is 0 Å². The molecule has 1 aromatic carbocycles. The molecule has 2 rings (SSSR count). The molecule has 0 radical (unpaired) electrons. The van der Waals surface area contributed by atoms with Crippen molar-refractivity contribution in [2.45, 2.75) is 39.2 Å². The molecular weight excluding hydrogens is 170 g/mol. The first-order valence-corrected chi connectivity index (χ1v) is 5.51. The van der Waals surface area contributed by atoms with E-state index in [9.17, 15) is 0 Å². The third-order valence-electron chi connectivity index (χ3n) is 3.21. The summed E-state index contributed by atoms with van der Waals surface area (Å²) in [7, 11) is 0. The second kappa shape index (κ2) is 3.39. The van der Waals surface area contributed by atoms with Gasteiger partial charge in [0.2, 0.25) is 0 Å². The molecule has 0 amide bonds. The van der Waals surface area contributed by atoms with E-state index in [1.54, 1.807) is 0 Å². The van der Waals surface area contributed by atoms with Crippen molar-refractivity contribution in [3.05, 3.63) is 34.9 Å². The normalized spacial score (nSPS) is 19.1. The molecule has 76 valence electrons. The molecule has 0 aliphatic carbocycles. The zero-order valence-electron chi connectivity index (χ0n) is 9.35. The molecule has 1 N–H and O–H groups in total. The monoisotopic (exact) mass is 189 g/mol. The van der Waals surface area contributed by atoms with E-state index in [1.165, 1.54) is 23.1 Å². The molecule has 1 nitrogen and oxygen atoms in total. The summed E-state index contributed by atoms with van der Waals surface area (Å²) in [5, 5.41) is 3.55. The van der Waals surface area contributed by atoms with Gasteiger partial charge in [0, 0.05) is 5.54 Å². The van der Waals surface area contributed by atoms with Gasteiger partial charge >= 0.3 is 0 Å². The number of aryl methyl sites for hydroxylation is 1. The van der Waals surface area contributed by atoms with E-state index < -0.39 is 0 Å². The zero-order valence-corrected chi connectivity index (χ0v) is 9.35. The summed E-state index contributed by atoms with van der Waals surface area (Å²) < 4.78 is 0. The molecular formula is C13H19N. The predicted molar refractivity (Wildman–Crippen MR) is 60.6 cm³/mol. The average Bonchev–Trinajstić information content (AvgIpc) is 2.16. The molecule has 0 spiro atoms. The fourth-order valence-corrected chi connectivity index (χ4v) is 2.29. The Morgan fingerprint density at radius 1 is 1.36 bits per heavy atom. The Bertz CT molecular complexity index is 339. The van der Waals surface area contributed by atoms with Gasteiger partial charge in [0.15, 0.2) is 0 Å². The topological polar surface area (TPSA) is 12.0 Å². The molecule has 0 unspecified atom stereocenters. The third-order valence-corrected chi connectivity index (χ3v) is 3.21. The minimum atomic E-state index is 0.153. The zero-order chi connectivity index (χ0) is 10.2. The lowest BCUT2D eigenvalue weighted by Gasteiger charge is -2.34. The van der Waals surface area contributed by atoms with Crippen LogP contribution in [0.15, 0.2) is 18.2 Å². The highest BCUT2D eigenvalue weighted by atomic mass is 15.0. The molecule has 1 aliphatic heterocycles. The van der Waals surface area contributed by atoms with Crippen LogP contribution in [0.4, 0.5) is 0 Å². The van der Waals surface area contributed by atoms with Crippen LogP contribution in [0.5, 0.6) is 0 Å². The number of benzene rings is 1. The highest BCUT2D eigenvalue weighted by Gasteiger charge is 2.26. The van der Waals surface area contributed by atoms with Crippen molar-refractivity contribution in [3.8, 4) is 0 Å². The molecule has 1 aliphatic rings. The van der Waals surface area contributed by atoms with Crippen LogP contribution in [0, 0.1) is 0 Å². The summed E-state index contributed by atoms with van der Waals surface area (Å²) in [6.07, 6.45) is 2.31. The molecule has 1 aromatic rings. The van der Waals surface area contributed by atoms with Crippen molar-refractivity contribution in [3.63, 3.8) is 0 Å². The van der Waals surface area contributed by atoms with Gasteiger partial charge in [-0.15, -0.1) is 0 Å². The van der Waals surface area contributed by atoms with E-state index in [1.807, 2.05) is 0 Å². The Hall–Kier alpha value is -0.820. The lowest BCUT2D eigenvalue weighted by Crippen LogP contribution is -2.42. The van der Waals surface area contributed by atoms with Gasteiger partial charge in [-0.3, -0.25) is 0 Å². The smallest absolute Gasteiger partial charge is 0.0380 e. The lowest BCUT2D eigenvalue weighted by molar-refractivity contribution is 0.382. The quantitative estimate of drug-likeness (QED) is 0.716. The van der Waals surface area contributed by atoms with Gasteiger partial charge < -0.3 is 5.32 Å². The maximum Gasteiger partial charge on any atom is 0.0380 e. The highest BCUT2D eigenvalue weighted by Crippen LogP contribution is 2.28. The van der Waals surface area contributed by atoms with Crippen molar-refractivity contribution in [1.29, 1.82) is 0 Å². The number of hydrogen-bond donors (Lipinski definition) is 1. The first kappa shape index (κ1) is 9.72. The van der Waals surface area contributed by atoms with E-state index in [-0.39, 0.29) is 5.54 Å². The standard InChI is InChI=1S/C13H19N/c1-4-10-5-6-12-11(9-10)7-8-14-13(12,2)3/h5-6,9,14H,4,7-8H2,1-3H3. The van der Waals surface area contributed by atoms with Crippen LogP contribution in [-0.2, 0) is 18.4 Å². The first-order valence-electron chi connectivity index (χ1n) is 5.51. The average molecular weight is 189 g/mol. The molecule has 0 bridgehead atoms. The summed E-state index contributed by atoms with van der Waals surface area (Å²) in [4.78, 5) is 0. The van der Waals surface area contributed by atoms with Crippen LogP contribution in [0.3, 0.4) is 0 Å². The fraction of sp³-hybridized carbons (Fsp3) is 0.538. The Kier molecular flexibility index (Phi) is 2.36. The van der Waals surface area contributed by atoms with Crippen LogP contribution in [0.2, 0.25) is 0 Å². The number of rotatable bonds is 1. The van der Waals surface area contributed by atoms with Crippen molar-refractivity contribution < 1.29 is 0 Å². The second-order valence-corrected chi connectivity index (χ2v) is 4.65. The Morgan fingerprint density at radius 2 is 2.14 bits per heavy atom. The second-order valence-electron chi connectivity index (χ2n) is 4.65. The molecule has 0 atom stereocenters. The minimum Gasteiger partial charge on any atom is -0.307 e. The lowest BCUT2D eigenvalue weighted by atomic mass is 9.84. The van der Waals surface area contributed by atoms with E-state index in [0.29, 0.717) is 0 Å². The molecule has 1 heterocycles. The molecule has 0 aromatic heterocycles. The summed E-state index contributed by atoms with van der Waals surface area (Å²) in [5.41, 5.74) is 4.62. The third kappa shape index (κ3) is 1.57. The van der Waals surface area contributed by atoms with Gasteiger partial charge in [0.1, 0.15) is 0 Å². The van der Waals surface area contributed by atoms with E-state index in [0.717, 1.165) is 13.0 Å². The van der Waals surface area contributed by atoms with E-state index in [2.05, 4.69) is 44.3 Å². The molecule has 14 heavy (non-hydrogen) atoms. The summed E-state index contributed by atoms with van der Waals surface area (Å²) in [5.74, 6) is 0. The largest absolute Gasteiger partial charge is 0.307 e. The summed E-state index contributed by atoms with van der Waals surface area (Å²) >= 11 is 0. The first-order chi connectivity index (χ1) is 6.63. The summed E-state index contributed by atoms with van der Waals surface area (Å²) in [6.45, 7) is 7.84. The van der Waals surface area contributed by atoms with Crippen LogP contribution in [0.25, 0.3) is 0 Å². The van der Waals surface area contributed by atoms with Crippen molar-refractivity contribution >= 4 is 0 Å². The SMILES string of the molecule is CCc1ccc2c(c1)CCNC2(C)C. The fourth-order valence-electron chi connectivity index (χ4n) is 2.29. The van der Waals surface area contributed by atoms with Crippen molar-refractivity contribution in [2.75, 3.05) is 6.54 Å². The Labute approximate surface area is 86.5 Å². The van der Waals surface area contributed by atoms with Crippen molar-refractivity contribution in [2.24, 2.45) is 0 Å². The van der Waals surface area contributed by atoms with E-state index >= 15 is 0 Å². The highest BCUT2D eigenvalue weighted by molar-refractivity contribution is 5.38. The minimum absolute atomic E-state index is 0.153. The van der Waals surface area contributed by atoms with Crippen LogP contribution in [-0.4, -0.2) is 6.54 Å². The Morgan fingerprint density at radius 3 is 2.86 bits per heavy atom. The number of nitrogens with one attached hydrogen (secondary N) is 1. The predicted octanol–water partition coefficient (Wildman–Crippen LogP) is 2.63. The Balaban J connectivity index is 2.46.